The number of hydrogen-bond donors (Lipinski definition) is 0. The largest absolute Gasteiger partial charge is 0.497 e. The first kappa shape index (κ1) is 13.2. The second-order valence-electron chi connectivity index (χ2n) is 4.01. The van der Waals surface area contributed by atoms with Crippen LogP contribution in [0.25, 0.3) is 11.0 Å². The molecule has 0 aliphatic carbocycles. The van der Waals surface area contributed by atoms with Gasteiger partial charge in [0.2, 0.25) is 0 Å². The molecule has 0 aliphatic heterocycles. The predicted octanol–water partition coefficient (Wildman–Crippen LogP) is 2.82. The highest BCUT2D eigenvalue weighted by atomic mass is 35.5. The van der Waals surface area contributed by atoms with Gasteiger partial charge in [0.15, 0.2) is 0 Å². The van der Waals surface area contributed by atoms with Gasteiger partial charge in [0, 0.05) is 26.3 Å². The quantitative estimate of drug-likeness (QED) is 0.597. The van der Waals surface area contributed by atoms with Gasteiger partial charge in [-0.05, 0) is 18.6 Å². The minimum absolute atomic E-state index is 0.407. The lowest BCUT2D eigenvalue weighted by atomic mass is 10.3. The van der Waals surface area contributed by atoms with Crippen LogP contribution in [0, 0.1) is 0 Å². The van der Waals surface area contributed by atoms with E-state index in [-0.39, 0.29) is 0 Å². The Labute approximate surface area is 111 Å². The van der Waals surface area contributed by atoms with Crippen molar-refractivity contribution in [3.63, 3.8) is 0 Å². The Balaban J connectivity index is 2.38. The van der Waals surface area contributed by atoms with Crippen LogP contribution in [-0.2, 0) is 17.2 Å². The van der Waals surface area contributed by atoms with E-state index in [0.717, 1.165) is 42.2 Å². The summed E-state index contributed by atoms with van der Waals surface area (Å²) in [7, 11) is 3.37. The fourth-order valence-electron chi connectivity index (χ4n) is 2.00. The smallest absolute Gasteiger partial charge is 0.124 e. The number of halogens is 1. The maximum absolute atomic E-state index is 5.94. The van der Waals surface area contributed by atoms with Crippen molar-refractivity contribution >= 4 is 22.6 Å². The summed E-state index contributed by atoms with van der Waals surface area (Å²) in [6.07, 6.45) is 0.934. The molecule has 2 aromatic rings. The van der Waals surface area contributed by atoms with Crippen molar-refractivity contribution in [2.24, 2.45) is 0 Å². The summed E-state index contributed by atoms with van der Waals surface area (Å²) in [6, 6.07) is 5.86. The molecule has 98 valence electrons. The Morgan fingerprint density at radius 1 is 1.33 bits per heavy atom. The van der Waals surface area contributed by atoms with Gasteiger partial charge in [-0.25, -0.2) is 4.98 Å². The number of benzene rings is 1. The average molecular weight is 269 g/mol. The molecule has 0 saturated carbocycles. The van der Waals surface area contributed by atoms with Gasteiger partial charge < -0.3 is 14.0 Å². The van der Waals surface area contributed by atoms with E-state index in [1.807, 2.05) is 18.2 Å². The first-order chi connectivity index (χ1) is 8.80. The number of rotatable bonds is 6. The van der Waals surface area contributed by atoms with Crippen molar-refractivity contribution in [3.05, 3.63) is 24.0 Å². The lowest BCUT2D eigenvalue weighted by Crippen LogP contribution is -2.05. The third-order valence-electron chi connectivity index (χ3n) is 2.88. The fourth-order valence-corrected chi connectivity index (χ4v) is 2.20. The van der Waals surface area contributed by atoms with E-state index in [1.54, 1.807) is 14.2 Å². The molecule has 0 bridgehead atoms. The number of ether oxygens (including phenoxy) is 2. The number of hydrogen-bond acceptors (Lipinski definition) is 3. The minimum Gasteiger partial charge on any atom is -0.497 e. The van der Waals surface area contributed by atoms with Crippen molar-refractivity contribution in [2.45, 2.75) is 18.8 Å². The third kappa shape index (κ3) is 2.60. The molecule has 4 nitrogen and oxygen atoms in total. The molecule has 0 saturated heterocycles. The summed E-state index contributed by atoms with van der Waals surface area (Å²) in [4.78, 5) is 4.52. The molecular formula is C13H17ClN2O2. The highest BCUT2D eigenvalue weighted by Gasteiger charge is 2.10. The summed E-state index contributed by atoms with van der Waals surface area (Å²) in [5.41, 5.74) is 2.00. The Kier molecular flexibility index (Phi) is 4.44. The first-order valence-corrected chi connectivity index (χ1v) is 6.41. The summed E-state index contributed by atoms with van der Waals surface area (Å²) in [5, 5.41) is 0. The molecule has 2 rings (SSSR count). The third-order valence-corrected chi connectivity index (χ3v) is 3.12. The van der Waals surface area contributed by atoms with Gasteiger partial charge in [-0.15, -0.1) is 11.6 Å². The highest BCUT2D eigenvalue weighted by molar-refractivity contribution is 6.16. The molecule has 1 aromatic heterocycles. The van der Waals surface area contributed by atoms with Crippen molar-refractivity contribution < 1.29 is 9.47 Å². The lowest BCUT2D eigenvalue weighted by molar-refractivity contribution is 0.190. The van der Waals surface area contributed by atoms with Crippen LogP contribution in [0.5, 0.6) is 5.75 Å². The van der Waals surface area contributed by atoms with E-state index in [1.165, 1.54) is 0 Å². The zero-order valence-corrected chi connectivity index (χ0v) is 11.4. The first-order valence-electron chi connectivity index (χ1n) is 5.88. The molecule has 5 heteroatoms. The van der Waals surface area contributed by atoms with Gasteiger partial charge in [0.25, 0.3) is 0 Å². The number of aromatic nitrogens is 2. The van der Waals surface area contributed by atoms with Gasteiger partial charge in [0.05, 0.1) is 24.0 Å². The SMILES string of the molecule is COCCCn1c(CCl)nc2ccc(OC)cc21. The average Bonchev–Trinajstić information content (AvgIpc) is 2.76. The maximum atomic E-state index is 5.94. The number of aryl methyl sites for hydroxylation is 1. The van der Waals surface area contributed by atoms with Crippen LogP contribution in [0.15, 0.2) is 18.2 Å². The maximum Gasteiger partial charge on any atom is 0.124 e. The second kappa shape index (κ2) is 6.07. The van der Waals surface area contributed by atoms with E-state index in [9.17, 15) is 0 Å². The Hall–Kier alpha value is -1.26. The van der Waals surface area contributed by atoms with E-state index in [4.69, 9.17) is 21.1 Å². The van der Waals surface area contributed by atoms with Gasteiger partial charge in [-0.2, -0.15) is 0 Å². The lowest BCUT2D eigenvalue weighted by Gasteiger charge is -2.07. The molecule has 18 heavy (non-hydrogen) atoms. The zero-order chi connectivity index (χ0) is 13.0. The summed E-state index contributed by atoms with van der Waals surface area (Å²) >= 11 is 5.94. The zero-order valence-electron chi connectivity index (χ0n) is 10.6. The van der Waals surface area contributed by atoms with Crippen molar-refractivity contribution in [1.82, 2.24) is 9.55 Å². The fraction of sp³-hybridized carbons (Fsp3) is 0.462. The standard InChI is InChI=1S/C13H17ClN2O2/c1-17-7-3-6-16-12-8-10(18-2)4-5-11(12)15-13(16)9-14/h4-5,8H,3,6-7,9H2,1-2H3. The predicted molar refractivity (Wildman–Crippen MR) is 72.3 cm³/mol. The number of methoxy groups -OCH3 is 2. The van der Waals surface area contributed by atoms with Gasteiger partial charge in [0.1, 0.15) is 11.6 Å². The van der Waals surface area contributed by atoms with Crippen LogP contribution >= 0.6 is 11.6 Å². The van der Waals surface area contributed by atoms with E-state index in [0.29, 0.717) is 5.88 Å². The molecule has 1 heterocycles. The Morgan fingerprint density at radius 3 is 2.83 bits per heavy atom. The second-order valence-corrected chi connectivity index (χ2v) is 4.28. The molecule has 0 amide bonds. The van der Waals surface area contributed by atoms with Crippen LogP contribution in [0.1, 0.15) is 12.2 Å². The molecule has 1 aromatic carbocycles. The molecule has 0 N–H and O–H groups in total. The summed E-state index contributed by atoms with van der Waals surface area (Å²) < 4.78 is 12.5. The topological polar surface area (TPSA) is 36.3 Å². The molecule has 0 unspecified atom stereocenters. The Morgan fingerprint density at radius 2 is 2.17 bits per heavy atom. The van der Waals surface area contributed by atoms with Gasteiger partial charge in [-0.3, -0.25) is 0 Å². The number of fused-ring (bicyclic) bond motifs is 1. The van der Waals surface area contributed by atoms with Crippen LogP contribution in [0.3, 0.4) is 0 Å². The number of nitrogens with zero attached hydrogens (tertiary/aromatic N) is 2. The van der Waals surface area contributed by atoms with E-state index in [2.05, 4.69) is 9.55 Å². The monoisotopic (exact) mass is 268 g/mol. The van der Waals surface area contributed by atoms with Crippen LogP contribution < -0.4 is 4.74 Å². The summed E-state index contributed by atoms with van der Waals surface area (Å²) in [5.74, 6) is 2.12. The molecule has 0 radical (unpaired) electrons. The van der Waals surface area contributed by atoms with Crippen molar-refractivity contribution in [1.29, 1.82) is 0 Å². The molecule has 0 atom stereocenters. The van der Waals surface area contributed by atoms with Crippen molar-refractivity contribution in [2.75, 3.05) is 20.8 Å². The van der Waals surface area contributed by atoms with Gasteiger partial charge >= 0.3 is 0 Å². The van der Waals surface area contributed by atoms with Gasteiger partial charge in [-0.1, -0.05) is 0 Å². The van der Waals surface area contributed by atoms with E-state index >= 15 is 0 Å². The summed E-state index contributed by atoms with van der Waals surface area (Å²) in [6.45, 7) is 1.57. The molecule has 0 fully saturated rings. The normalized spacial score (nSPS) is 11.1. The van der Waals surface area contributed by atoms with Crippen molar-refractivity contribution in [3.8, 4) is 5.75 Å². The van der Waals surface area contributed by atoms with Crippen LogP contribution in [-0.4, -0.2) is 30.4 Å². The Bertz CT molecular complexity index is 525. The molecule has 0 aliphatic rings. The molecular weight excluding hydrogens is 252 g/mol. The van der Waals surface area contributed by atoms with Crippen LogP contribution in [0.2, 0.25) is 0 Å². The van der Waals surface area contributed by atoms with Crippen LogP contribution in [0.4, 0.5) is 0 Å². The minimum atomic E-state index is 0.407. The highest BCUT2D eigenvalue weighted by Crippen LogP contribution is 2.23. The number of imidazole rings is 1. The molecule has 0 spiro atoms. The number of alkyl halides is 1. The van der Waals surface area contributed by atoms with E-state index < -0.39 is 0 Å².